The quantitative estimate of drug-likeness (QED) is 0.620. The van der Waals surface area contributed by atoms with E-state index < -0.39 is 11.6 Å². The molecule has 0 spiro atoms. The molecular weight excluding hydrogens is 382 g/mol. The molecule has 5 heteroatoms. The van der Waals surface area contributed by atoms with E-state index >= 15 is 0 Å². The Balaban J connectivity index is 1.52. The average molecular weight is 406 g/mol. The fourth-order valence-corrected chi connectivity index (χ4v) is 3.99. The van der Waals surface area contributed by atoms with Gasteiger partial charge in [-0.25, -0.2) is 8.78 Å². The normalized spacial score (nSPS) is 15.8. The van der Waals surface area contributed by atoms with E-state index in [9.17, 15) is 13.6 Å². The second-order valence-corrected chi connectivity index (χ2v) is 7.68. The largest absolute Gasteiger partial charge is 0.336 e. The molecule has 3 aromatic carbocycles. The molecule has 0 unspecified atom stereocenters. The first-order valence-corrected chi connectivity index (χ1v) is 10.1. The summed E-state index contributed by atoms with van der Waals surface area (Å²) in [7, 11) is 0. The number of piperazine rings is 1. The highest BCUT2D eigenvalue weighted by Crippen LogP contribution is 2.30. The molecule has 1 aliphatic rings. The van der Waals surface area contributed by atoms with Crippen molar-refractivity contribution in [3.05, 3.63) is 107 Å². The number of nitrogens with zero attached hydrogens (tertiary/aromatic N) is 2. The van der Waals surface area contributed by atoms with Crippen LogP contribution in [-0.4, -0.2) is 41.9 Å². The molecule has 3 aromatic rings. The van der Waals surface area contributed by atoms with Crippen molar-refractivity contribution in [2.75, 3.05) is 26.2 Å². The smallest absolute Gasteiger partial charge is 0.254 e. The van der Waals surface area contributed by atoms with E-state index in [4.69, 9.17) is 0 Å². The summed E-state index contributed by atoms with van der Waals surface area (Å²) in [6.07, 6.45) is 0. The van der Waals surface area contributed by atoms with E-state index in [1.165, 1.54) is 22.8 Å². The minimum atomic E-state index is -0.997. The van der Waals surface area contributed by atoms with Gasteiger partial charge in [0, 0.05) is 31.7 Å². The Labute approximate surface area is 175 Å². The van der Waals surface area contributed by atoms with Crippen LogP contribution in [0.3, 0.4) is 0 Å². The van der Waals surface area contributed by atoms with E-state index in [1.54, 1.807) is 4.90 Å². The minimum Gasteiger partial charge on any atom is -0.336 e. The molecule has 1 saturated heterocycles. The molecule has 3 nitrogen and oxygen atoms in total. The maximum atomic E-state index is 13.5. The van der Waals surface area contributed by atoms with Crippen molar-refractivity contribution in [1.29, 1.82) is 0 Å². The van der Waals surface area contributed by atoms with Crippen LogP contribution in [0, 0.1) is 18.6 Å². The van der Waals surface area contributed by atoms with Gasteiger partial charge in [0.2, 0.25) is 0 Å². The van der Waals surface area contributed by atoms with Crippen molar-refractivity contribution >= 4 is 5.91 Å². The van der Waals surface area contributed by atoms with Crippen LogP contribution < -0.4 is 0 Å². The number of aryl methyl sites for hydroxylation is 1. The highest BCUT2D eigenvalue weighted by molar-refractivity contribution is 5.94. The average Bonchev–Trinajstić information content (AvgIpc) is 2.78. The van der Waals surface area contributed by atoms with Crippen molar-refractivity contribution in [1.82, 2.24) is 9.80 Å². The summed E-state index contributed by atoms with van der Waals surface area (Å²) < 4.78 is 26.7. The van der Waals surface area contributed by atoms with Crippen LogP contribution in [0.2, 0.25) is 0 Å². The van der Waals surface area contributed by atoms with Gasteiger partial charge in [0.1, 0.15) is 0 Å². The predicted octanol–water partition coefficient (Wildman–Crippen LogP) is 4.82. The third-order valence-corrected chi connectivity index (χ3v) is 5.64. The zero-order valence-electron chi connectivity index (χ0n) is 16.9. The SMILES string of the molecule is Cc1ccc([C@H](c2ccccc2)N2CCN(C(=O)c3ccc(F)c(F)c3)CC2)cc1. The molecule has 0 saturated carbocycles. The van der Waals surface area contributed by atoms with E-state index in [0.29, 0.717) is 26.2 Å². The molecule has 1 heterocycles. The Morgan fingerprint density at radius 1 is 0.800 bits per heavy atom. The van der Waals surface area contributed by atoms with Crippen LogP contribution in [0.5, 0.6) is 0 Å². The number of halogens is 2. The molecule has 0 aliphatic carbocycles. The van der Waals surface area contributed by atoms with Crippen LogP contribution in [0.4, 0.5) is 8.78 Å². The molecule has 0 radical (unpaired) electrons. The highest BCUT2D eigenvalue weighted by Gasteiger charge is 2.28. The lowest BCUT2D eigenvalue weighted by atomic mass is 9.95. The van der Waals surface area contributed by atoms with Crippen molar-refractivity contribution in [2.24, 2.45) is 0 Å². The van der Waals surface area contributed by atoms with Crippen molar-refractivity contribution in [3.8, 4) is 0 Å². The van der Waals surface area contributed by atoms with E-state index in [0.717, 1.165) is 12.1 Å². The molecule has 30 heavy (non-hydrogen) atoms. The zero-order valence-corrected chi connectivity index (χ0v) is 16.9. The van der Waals surface area contributed by atoms with Crippen molar-refractivity contribution < 1.29 is 13.6 Å². The number of carbonyl (C=O) groups is 1. The lowest BCUT2D eigenvalue weighted by Crippen LogP contribution is -2.49. The van der Waals surface area contributed by atoms with Gasteiger partial charge in [-0.2, -0.15) is 0 Å². The monoisotopic (exact) mass is 406 g/mol. The summed E-state index contributed by atoms with van der Waals surface area (Å²) >= 11 is 0. The van der Waals surface area contributed by atoms with Crippen molar-refractivity contribution in [3.63, 3.8) is 0 Å². The maximum Gasteiger partial charge on any atom is 0.254 e. The molecular formula is C25H24F2N2O. The van der Waals surface area contributed by atoms with E-state index in [2.05, 4.69) is 48.2 Å². The molecule has 1 aliphatic heterocycles. The van der Waals surface area contributed by atoms with Gasteiger partial charge >= 0.3 is 0 Å². The number of carbonyl (C=O) groups excluding carboxylic acids is 1. The Morgan fingerprint density at radius 2 is 1.43 bits per heavy atom. The van der Waals surface area contributed by atoms with Gasteiger partial charge in [-0.3, -0.25) is 9.69 Å². The summed E-state index contributed by atoms with van der Waals surface area (Å²) in [5.41, 5.74) is 3.82. The topological polar surface area (TPSA) is 23.6 Å². The number of hydrogen-bond acceptors (Lipinski definition) is 2. The van der Waals surface area contributed by atoms with Gasteiger partial charge in [0.05, 0.1) is 6.04 Å². The van der Waals surface area contributed by atoms with Crippen LogP contribution in [0.15, 0.2) is 72.8 Å². The maximum absolute atomic E-state index is 13.5. The Hall–Kier alpha value is -3.05. The zero-order chi connectivity index (χ0) is 21.1. The molecule has 0 N–H and O–H groups in total. The fourth-order valence-electron chi connectivity index (χ4n) is 3.99. The molecule has 0 aromatic heterocycles. The fraction of sp³-hybridized carbons (Fsp3) is 0.240. The first-order valence-electron chi connectivity index (χ1n) is 10.1. The summed E-state index contributed by atoms with van der Waals surface area (Å²) in [5.74, 6) is -2.21. The Kier molecular flexibility index (Phi) is 5.91. The van der Waals surface area contributed by atoms with Crippen LogP contribution >= 0.6 is 0 Å². The van der Waals surface area contributed by atoms with E-state index in [-0.39, 0.29) is 17.5 Å². The van der Waals surface area contributed by atoms with E-state index in [1.807, 2.05) is 18.2 Å². The molecule has 1 amide bonds. The van der Waals surface area contributed by atoms with Gasteiger partial charge < -0.3 is 4.90 Å². The van der Waals surface area contributed by atoms with Crippen molar-refractivity contribution in [2.45, 2.75) is 13.0 Å². The second-order valence-electron chi connectivity index (χ2n) is 7.68. The summed E-state index contributed by atoms with van der Waals surface area (Å²) in [4.78, 5) is 16.8. The minimum absolute atomic E-state index is 0.104. The van der Waals surface area contributed by atoms with Crippen LogP contribution in [0.1, 0.15) is 33.1 Å². The van der Waals surface area contributed by atoms with Crippen LogP contribution in [-0.2, 0) is 0 Å². The highest BCUT2D eigenvalue weighted by atomic mass is 19.2. The van der Waals surface area contributed by atoms with Gasteiger partial charge in [-0.15, -0.1) is 0 Å². The van der Waals surface area contributed by atoms with Gasteiger partial charge in [-0.1, -0.05) is 60.2 Å². The third-order valence-electron chi connectivity index (χ3n) is 5.64. The summed E-state index contributed by atoms with van der Waals surface area (Å²) in [5, 5.41) is 0. The summed E-state index contributed by atoms with van der Waals surface area (Å²) in [6, 6.07) is 22.3. The second kappa shape index (κ2) is 8.76. The van der Waals surface area contributed by atoms with Crippen LogP contribution in [0.25, 0.3) is 0 Å². The van der Waals surface area contributed by atoms with Gasteiger partial charge in [0.15, 0.2) is 11.6 Å². The number of hydrogen-bond donors (Lipinski definition) is 0. The molecule has 0 bridgehead atoms. The molecule has 154 valence electrons. The standard InChI is InChI=1S/C25H24F2N2O/c1-18-7-9-20(10-8-18)24(19-5-3-2-4-6-19)28-13-15-29(16-14-28)25(30)21-11-12-22(26)23(27)17-21/h2-12,17,24H,13-16H2,1H3/t24-/m0/s1. The first-order chi connectivity index (χ1) is 14.5. The Morgan fingerprint density at radius 3 is 2.07 bits per heavy atom. The number of rotatable bonds is 4. The molecule has 1 fully saturated rings. The third kappa shape index (κ3) is 4.26. The summed E-state index contributed by atoms with van der Waals surface area (Å²) in [6.45, 7) is 4.54. The predicted molar refractivity (Wildman–Crippen MR) is 113 cm³/mol. The lowest BCUT2D eigenvalue weighted by Gasteiger charge is -2.40. The first kappa shape index (κ1) is 20.2. The molecule has 4 rings (SSSR count). The number of amides is 1. The van der Waals surface area contributed by atoms with Gasteiger partial charge in [0.25, 0.3) is 5.91 Å². The Bertz CT molecular complexity index is 1010. The van der Waals surface area contributed by atoms with Gasteiger partial charge in [-0.05, 0) is 36.2 Å². The number of benzene rings is 3. The lowest BCUT2D eigenvalue weighted by molar-refractivity contribution is 0.0597. The molecule has 1 atom stereocenters.